The molecule has 0 aliphatic heterocycles. The second-order valence-electron chi connectivity index (χ2n) is 16.0. The van der Waals surface area contributed by atoms with Crippen LogP contribution >= 0.6 is 0 Å². The third-order valence-electron chi connectivity index (χ3n) is 12.8. The molecule has 0 atom stereocenters. The molecular formula is C59H38N2. The summed E-state index contributed by atoms with van der Waals surface area (Å²) in [5.41, 5.74) is 21.6. The van der Waals surface area contributed by atoms with Gasteiger partial charge in [0.1, 0.15) is 0 Å². The molecule has 0 bridgehead atoms. The van der Waals surface area contributed by atoms with E-state index in [1.165, 1.54) is 72.3 Å². The second-order valence-corrected chi connectivity index (χ2v) is 16.0. The van der Waals surface area contributed by atoms with Gasteiger partial charge in [0.05, 0.1) is 16.8 Å². The van der Waals surface area contributed by atoms with Crippen molar-refractivity contribution < 1.29 is 0 Å². The minimum Gasteiger partial charge on any atom is -0.228 e. The molecular weight excluding hydrogens is 737 g/mol. The maximum absolute atomic E-state index is 5.48. The number of fused-ring (bicyclic) bond motifs is 12. The highest BCUT2D eigenvalue weighted by Gasteiger charge is 2.50. The predicted molar refractivity (Wildman–Crippen MR) is 251 cm³/mol. The summed E-state index contributed by atoms with van der Waals surface area (Å²) in [4.78, 5) is 10.8. The molecule has 284 valence electrons. The smallest absolute Gasteiger partial charge is 0.160 e. The number of nitrogens with zero attached hydrogens (tertiary/aromatic N) is 2. The lowest BCUT2D eigenvalue weighted by Gasteiger charge is -2.35. The lowest BCUT2D eigenvalue weighted by atomic mass is 9.66. The maximum Gasteiger partial charge on any atom is 0.160 e. The van der Waals surface area contributed by atoms with Crippen LogP contribution in [0.3, 0.4) is 0 Å². The lowest BCUT2D eigenvalue weighted by molar-refractivity contribution is 0.775. The Morgan fingerprint density at radius 3 is 1.18 bits per heavy atom. The first-order chi connectivity index (χ1) is 30.3. The number of hydrogen-bond acceptors (Lipinski definition) is 2. The van der Waals surface area contributed by atoms with Crippen LogP contribution in [0.4, 0.5) is 0 Å². The molecule has 1 heterocycles. The van der Waals surface area contributed by atoms with Crippen molar-refractivity contribution in [3.63, 3.8) is 0 Å². The average molecular weight is 775 g/mol. The molecule has 0 saturated heterocycles. The Hall–Kier alpha value is -7.94. The van der Waals surface area contributed by atoms with E-state index in [1.807, 2.05) is 0 Å². The Bertz CT molecular complexity index is 3110. The van der Waals surface area contributed by atoms with Crippen molar-refractivity contribution in [2.45, 2.75) is 5.41 Å². The van der Waals surface area contributed by atoms with Crippen LogP contribution in [0.25, 0.3) is 89.5 Å². The van der Waals surface area contributed by atoms with Crippen molar-refractivity contribution in [2.24, 2.45) is 0 Å². The van der Waals surface area contributed by atoms with Crippen LogP contribution < -0.4 is 0 Å². The molecule has 0 N–H and O–H groups in total. The molecule has 2 heteroatoms. The van der Waals surface area contributed by atoms with Gasteiger partial charge in [0.25, 0.3) is 0 Å². The van der Waals surface area contributed by atoms with E-state index >= 15 is 0 Å². The quantitative estimate of drug-likeness (QED) is 0.174. The number of aromatic nitrogens is 2. The lowest BCUT2D eigenvalue weighted by Crippen LogP contribution is -2.29. The van der Waals surface area contributed by atoms with Crippen LogP contribution in [-0.4, -0.2) is 9.97 Å². The zero-order valence-electron chi connectivity index (χ0n) is 33.3. The molecule has 0 radical (unpaired) electrons. The van der Waals surface area contributed by atoms with Gasteiger partial charge in [0.2, 0.25) is 0 Å². The number of rotatable bonds is 5. The van der Waals surface area contributed by atoms with Crippen molar-refractivity contribution in [2.75, 3.05) is 0 Å². The molecule has 0 unspecified atom stereocenters. The molecule has 0 fully saturated rings. The van der Waals surface area contributed by atoms with Crippen LogP contribution in [0.5, 0.6) is 0 Å². The molecule has 10 aromatic rings. The molecule has 2 aliphatic carbocycles. The normalized spacial score (nSPS) is 12.7. The topological polar surface area (TPSA) is 25.8 Å². The van der Waals surface area contributed by atoms with E-state index in [4.69, 9.17) is 9.97 Å². The number of benzene rings is 9. The zero-order valence-corrected chi connectivity index (χ0v) is 33.3. The number of hydrogen-bond donors (Lipinski definition) is 0. The third-order valence-corrected chi connectivity index (χ3v) is 12.8. The van der Waals surface area contributed by atoms with Crippen LogP contribution in [0.2, 0.25) is 0 Å². The van der Waals surface area contributed by atoms with E-state index in [9.17, 15) is 0 Å². The zero-order chi connectivity index (χ0) is 40.3. The van der Waals surface area contributed by atoms with Crippen molar-refractivity contribution in [3.8, 4) is 89.5 Å². The minimum absolute atomic E-state index is 0.576. The van der Waals surface area contributed by atoms with Gasteiger partial charge >= 0.3 is 0 Å². The molecule has 0 amide bonds. The van der Waals surface area contributed by atoms with E-state index in [2.05, 4.69) is 231 Å². The molecule has 1 spiro atoms. The summed E-state index contributed by atoms with van der Waals surface area (Å²) in [6.45, 7) is 0. The summed E-state index contributed by atoms with van der Waals surface area (Å²) in [5.74, 6) is 0.693. The van der Waals surface area contributed by atoms with E-state index in [-0.39, 0.29) is 0 Å². The van der Waals surface area contributed by atoms with E-state index in [0.29, 0.717) is 5.82 Å². The summed E-state index contributed by atoms with van der Waals surface area (Å²) >= 11 is 0. The largest absolute Gasteiger partial charge is 0.228 e. The minimum atomic E-state index is -0.576. The summed E-state index contributed by atoms with van der Waals surface area (Å²) in [6.07, 6.45) is 0. The van der Waals surface area contributed by atoms with Gasteiger partial charge in [-0.25, -0.2) is 9.97 Å². The third kappa shape index (κ3) is 5.50. The molecule has 2 nitrogen and oxygen atoms in total. The highest BCUT2D eigenvalue weighted by molar-refractivity contribution is 6.00. The monoisotopic (exact) mass is 774 g/mol. The Morgan fingerprint density at radius 1 is 0.246 bits per heavy atom. The maximum atomic E-state index is 5.48. The Labute approximate surface area is 356 Å². The fourth-order valence-corrected chi connectivity index (χ4v) is 10.1. The SMILES string of the molecule is c1ccc(-c2ccc(-c3cc(-c4cccc5c4-c4ccccc4C54c5ccccc5-c5ccccc5-c5ccccc54)nc(-c4ccc(-c5ccccc5)cc4)n3)cc2)cc1. The van der Waals surface area contributed by atoms with Gasteiger partial charge in [-0.05, 0) is 84.0 Å². The summed E-state index contributed by atoms with van der Waals surface area (Å²) < 4.78 is 0. The van der Waals surface area contributed by atoms with Gasteiger partial charge in [-0.3, -0.25) is 0 Å². The fourth-order valence-electron chi connectivity index (χ4n) is 10.1. The van der Waals surface area contributed by atoms with Crippen LogP contribution in [0.1, 0.15) is 22.3 Å². The van der Waals surface area contributed by atoms with Gasteiger partial charge in [-0.1, -0.05) is 224 Å². The molecule has 0 saturated carbocycles. The van der Waals surface area contributed by atoms with Crippen LogP contribution in [-0.2, 0) is 5.41 Å². The summed E-state index contributed by atoms with van der Waals surface area (Å²) in [5, 5.41) is 0. The van der Waals surface area contributed by atoms with Crippen molar-refractivity contribution in [3.05, 3.63) is 253 Å². The van der Waals surface area contributed by atoms with E-state index in [0.717, 1.165) is 33.6 Å². The Kier molecular flexibility index (Phi) is 8.11. The van der Waals surface area contributed by atoms with Gasteiger partial charge in [0.15, 0.2) is 5.82 Å². The second kappa shape index (κ2) is 14.1. The van der Waals surface area contributed by atoms with Gasteiger partial charge in [-0.2, -0.15) is 0 Å². The molecule has 1 aromatic heterocycles. The molecule has 9 aromatic carbocycles. The highest BCUT2D eigenvalue weighted by atomic mass is 14.9. The fraction of sp³-hybridized carbons (Fsp3) is 0.0169. The van der Waals surface area contributed by atoms with Gasteiger partial charge < -0.3 is 0 Å². The average Bonchev–Trinajstić information content (AvgIpc) is 3.59. The Morgan fingerprint density at radius 2 is 0.623 bits per heavy atom. The first kappa shape index (κ1) is 35.0. The first-order valence-corrected chi connectivity index (χ1v) is 21.0. The highest BCUT2D eigenvalue weighted by Crippen LogP contribution is 2.62. The van der Waals surface area contributed by atoms with E-state index < -0.39 is 5.41 Å². The predicted octanol–water partition coefficient (Wildman–Crippen LogP) is 14.8. The van der Waals surface area contributed by atoms with Gasteiger partial charge in [0, 0.05) is 16.7 Å². The first-order valence-electron chi connectivity index (χ1n) is 21.0. The van der Waals surface area contributed by atoms with Crippen molar-refractivity contribution in [1.82, 2.24) is 9.97 Å². The summed E-state index contributed by atoms with van der Waals surface area (Å²) in [7, 11) is 0. The summed E-state index contributed by atoms with van der Waals surface area (Å²) in [6, 6.07) is 83.5. The van der Waals surface area contributed by atoms with Gasteiger partial charge in [-0.15, -0.1) is 0 Å². The standard InChI is InChI=1S/C59H38N2/c1-3-16-39(17-4-1)41-30-34-43(35-31-41)55-38-56(61-58(60-55)44-36-32-42(33-37-44)40-18-5-2-6-19-40)50-25-15-29-54-57(50)49-24-11-14-28-53(49)59(54)51-26-12-9-22-47(51)45-20-7-8-21-46(45)48-23-10-13-27-52(48)59/h1-38H. The van der Waals surface area contributed by atoms with Crippen LogP contribution in [0, 0.1) is 0 Å². The molecule has 2 aliphatic rings. The van der Waals surface area contributed by atoms with Crippen LogP contribution in [0.15, 0.2) is 231 Å². The molecule has 61 heavy (non-hydrogen) atoms. The van der Waals surface area contributed by atoms with Crippen molar-refractivity contribution >= 4 is 0 Å². The van der Waals surface area contributed by atoms with E-state index in [1.54, 1.807) is 0 Å². The van der Waals surface area contributed by atoms with Crippen molar-refractivity contribution in [1.29, 1.82) is 0 Å². The molecule has 12 rings (SSSR count). The Balaban J connectivity index is 1.10.